The van der Waals surface area contributed by atoms with E-state index in [0.29, 0.717) is 5.75 Å². The number of amides is 1. The van der Waals surface area contributed by atoms with Crippen LogP contribution in [0.2, 0.25) is 0 Å². The zero-order chi connectivity index (χ0) is 11.7. The molecule has 1 atom stereocenters. The Balaban J connectivity index is 3.67. The molecule has 1 unspecified atom stereocenters. The number of nitrogens with one attached hydrogen (secondary N) is 1. The first kappa shape index (κ1) is 14.2. The van der Waals surface area contributed by atoms with Crippen molar-refractivity contribution in [3.8, 4) is 0 Å². The summed E-state index contributed by atoms with van der Waals surface area (Å²) in [5.41, 5.74) is 0. The highest BCUT2D eigenvalue weighted by Gasteiger charge is 2.17. The summed E-state index contributed by atoms with van der Waals surface area (Å²) >= 11 is 1.46. The van der Waals surface area contributed by atoms with E-state index >= 15 is 0 Å². The summed E-state index contributed by atoms with van der Waals surface area (Å²) in [7, 11) is 0. The lowest BCUT2D eigenvalue weighted by Gasteiger charge is -2.12. The second kappa shape index (κ2) is 8.55. The highest BCUT2D eigenvalue weighted by molar-refractivity contribution is 7.99. The minimum absolute atomic E-state index is 0.161. The van der Waals surface area contributed by atoms with Gasteiger partial charge in [0.25, 0.3) is 0 Å². The lowest BCUT2D eigenvalue weighted by atomic mass is 10.3. The number of hydrogen-bond acceptors (Lipinski definition) is 4. The van der Waals surface area contributed by atoms with Crippen LogP contribution in [-0.4, -0.2) is 46.2 Å². The first-order valence-corrected chi connectivity index (χ1v) is 5.92. The van der Waals surface area contributed by atoms with Crippen molar-refractivity contribution in [2.75, 3.05) is 18.1 Å². The van der Waals surface area contributed by atoms with Crippen molar-refractivity contribution in [3.63, 3.8) is 0 Å². The third-order valence-electron chi connectivity index (χ3n) is 1.66. The normalized spacial score (nSPS) is 12.1. The SMILES string of the molecule is CC(=O)NC(CSCCCCO)C(=O)O. The van der Waals surface area contributed by atoms with Crippen molar-refractivity contribution in [1.29, 1.82) is 0 Å². The van der Waals surface area contributed by atoms with Gasteiger partial charge in [-0.15, -0.1) is 0 Å². The third-order valence-corrected chi connectivity index (χ3v) is 2.80. The highest BCUT2D eigenvalue weighted by Crippen LogP contribution is 2.06. The third kappa shape index (κ3) is 8.26. The van der Waals surface area contributed by atoms with Crippen molar-refractivity contribution in [2.24, 2.45) is 0 Å². The van der Waals surface area contributed by atoms with Crippen LogP contribution < -0.4 is 5.32 Å². The van der Waals surface area contributed by atoms with Crippen LogP contribution >= 0.6 is 11.8 Å². The van der Waals surface area contributed by atoms with Crippen LogP contribution in [0.5, 0.6) is 0 Å². The largest absolute Gasteiger partial charge is 0.480 e. The van der Waals surface area contributed by atoms with Gasteiger partial charge >= 0.3 is 5.97 Å². The minimum Gasteiger partial charge on any atom is -0.480 e. The number of carbonyl (C=O) groups is 2. The summed E-state index contributed by atoms with van der Waals surface area (Å²) in [5.74, 6) is -0.192. The Kier molecular flexibility index (Phi) is 8.12. The highest BCUT2D eigenvalue weighted by atomic mass is 32.2. The first-order chi connectivity index (χ1) is 7.07. The van der Waals surface area contributed by atoms with E-state index in [1.165, 1.54) is 18.7 Å². The maximum atomic E-state index is 10.7. The molecule has 88 valence electrons. The number of aliphatic hydroxyl groups is 1. The Morgan fingerprint density at radius 2 is 2.07 bits per heavy atom. The number of hydrogen-bond donors (Lipinski definition) is 3. The minimum atomic E-state index is -1.01. The number of aliphatic hydroxyl groups excluding tert-OH is 1. The molecule has 0 aliphatic carbocycles. The van der Waals surface area contributed by atoms with E-state index in [1.807, 2.05) is 0 Å². The number of carboxylic acid groups (broad SMARTS) is 1. The number of thioether (sulfide) groups is 1. The molecule has 0 aliphatic heterocycles. The molecule has 0 heterocycles. The van der Waals surface area contributed by atoms with Gasteiger partial charge in [0.2, 0.25) is 5.91 Å². The molecule has 0 aromatic heterocycles. The van der Waals surface area contributed by atoms with Gasteiger partial charge in [-0.3, -0.25) is 4.79 Å². The zero-order valence-electron chi connectivity index (χ0n) is 8.73. The van der Waals surface area contributed by atoms with Crippen molar-refractivity contribution >= 4 is 23.6 Å². The smallest absolute Gasteiger partial charge is 0.327 e. The monoisotopic (exact) mass is 235 g/mol. The van der Waals surface area contributed by atoms with Gasteiger partial charge in [-0.1, -0.05) is 0 Å². The van der Waals surface area contributed by atoms with Crippen LogP contribution in [-0.2, 0) is 9.59 Å². The Morgan fingerprint density at radius 3 is 2.53 bits per heavy atom. The van der Waals surface area contributed by atoms with Gasteiger partial charge in [0.15, 0.2) is 0 Å². The predicted molar refractivity (Wildman–Crippen MR) is 58.9 cm³/mol. The summed E-state index contributed by atoms with van der Waals surface area (Å²) in [6.45, 7) is 1.46. The van der Waals surface area contributed by atoms with E-state index in [4.69, 9.17) is 10.2 Å². The average Bonchev–Trinajstić information content (AvgIpc) is 2.15. The van der Waals surface area contributed by atoms with E-state index < -0.39 is 12.0 Å². The molecule has 0 radical (unpaired) electrons. The summed E-state index contributed by atoms with van der Waals surface area (Å²) in [6, 6.07) is -0.818. The lowest BCUT2D eigenvalue weighted by molar-refractivity contribution is -0.140. The van der Waals surface area contributed by atoms with Crippen molar-refractivity contribution < 1.29 is 19.8 Å². The van der Waals surface area contributed by atoms with E-state index in [2.05, 4.69) is 5.32 Å². The van der Waals surface area contributed by atoms with Gasteiger partial charge in [-0.05, 0) is 18.6 Å². The summed E-state index contributed by atoms with van der Waals surface area (Å²) in [5, 5.41) is 19.6. The molecule has 3 N–H and O–H groups in total. The molecule has 0 saturated carbocycles. The van der Waals surface area contributed by atoms with Crippen LogP contribution in [0.3, 0.4) is 0 Å². The molecule has 6 heteroatoms. The van der Waals surface area contributed by atoms with Gasteiger partial charge in [0.05, 0.1) is 0 Å². The molecule has 0 aliphatic rings. The van der Waals surface area contributed by atoms with Gasteiger partial charge in [-0.25, -0.2) is 4.79 Å². The zero-order valence-corrected chi connectivity index (χ0v) is 9.55. The number of carboxylic acids is 1. The Hall–Kier alpha value is -0.750. The maximum Gasteiger partial charge on any atom is 0.327 e. The van der Waals surface area contributed by atoms with Crippen LogP contribution in [0.4, 0.5) is 0 Å². The Labute approximate surface area is 93.2 Å². The Bertz CT molecular complexity index is 210. The molecular formula is C9H17NO4S. The van der Waals surface area contributed by atoms with Gasteiger partial charge in [-0.2, -0.15) is 11.8 Å². The summed E-state index contributed by atoms with van der Waals surface area (Å²) in [6.07, 6.45) is 1.58. The summed E-state index contributed by atoms with van der Waals surface area (Å²) in [4.78, 5) is 21.4. The topological polar surface area (TPSA) is 86.6 Å². The predicted octanol–water partition coefficient (Wildman–Crippen LogP) is 0.0814. The van der Waals surface area contributed by atoms with E-state index in [9.17, 15) is 9.59 Å². The van der Waals surface area contributed by atoms with E-state index in [1.54, 1.807) is 0 Å². The first-order valence-electron chi connectivity index (χ1n) is 4.76. The molecule has 0 saturated heterocycles. The fraction of sp³-hybridized carbons (Fsp3) is 0.778. The van der Waals surface area contributed by atoms with Gasteiger partial charge in [0.1, 0.15) is 6.04 Å². The second-order valence-corrected chi connectivity index (χ2v) is 4.25. The molecule has 15 heavy (non-hydrogen) atoms. The standard InChI is InChI=1S/C9H17NO4S/c1-7(12)10-8(9(13)14)6-15-5-3-2-4-11/h8,11H,2-6H2,1H3,(H,10,12)(H,13,14). The molecule has 0 fully saturated rings. The quantitative estimate of drug-likeness (QED) is 0.519. The van der Waals surface area contributed by atoms with E-state index in [0.717, 1.165) is 18.6 Å². The fourth-order valence-corrected chi connectivity index (χ4v) is 1.97. The van der Waals surface area contributed by atoms with Gasteiger partial charge < -0.3 is 15.5 Å². The van der Waals surface area contributed by atoms with Crippen molar-refractivity contribution in [2.45, 2.75) is 25.8 Å². The number of carbonyl (C=O) groups excluding carboxylic acids is 1. The van der Waals surface area contributed by atoms with E-state index in [-0.39, 0.29) is 12.5 Å². The number of unbranched alkanes of at least 4 members (excludes halogenated alkanes) is 1. The molecule has 1 amide bonds. The summed E-state index contributed by atoms with van der Waals surface area (Å²) < 4.78 is 0. The maximum absolute atomic E-state index is 10.7. The van der Waals surface area contributed by atoms with Crippen LogP contribution in [0.25, 0.3) is 0 Å². The molecular weight excluding hydrogens is 218 g/mol. The molecule has 0 aromatic carbocycles. The average molecular weight is 235 g/mol. The van der Waals surface area contributed by atoms with Crippen LogP contribution in [0, 0.1) is 0 Å². The second-order valence-electron chi connectivity index (χ2n) is 3.10. The van der Waals surface area contributed by atoms with Crippen LogP contribution in [0.15, 0.2) is 0 Å². The van der Waals surface area contributed by atoms with Crippen molar-refractivity contribution in [1.82, 2.24) is 5.32 Å². The Morgan fingerprint density at radius 1 is 1.40 bits per heavy atom. The number of aliphatic carboxylic acids is 1. The lowest BCUT2D eigenvalue weighted by Crippen LogP contribution is -2.41. The molecule has 0 aromatic rings. The van der Waals surface area contributed by atoms with Gasteiger partial charge in [0, 0.05) is 19.3 Å². The van der Waals surface area contributed by atoms with Crippen molar-refractivity contribution in [3.05, 3.63) is 0 Å². The fourth-order valence-electron chi connectivity index (χ4n) is 0.937. The molecule has 5 nitrogen and oxygen atoms in total. The molecule has 0 rings (SSSR count). The number of rotatable bonds is 8. The molecule has 0 bridgehead atoms. The van der Waals surface area contributed by atoms with Crippen LogP contribution in [0.1, 0.15) is 19.8 Å². The molecule has 0 spiro atoms.